The topological polar surface area (TPSA) is 78.4 Å². The molecular weight excluding hydrogens is 301 g/mol. The molecule has 9 heteroatoms. The van der Waals surface area contributed by atoms with Gasteiger partial charge in [0, 0.05) is 11.6 Å². The number of halogens is 4. The van der Waals surface area contributed by atoms with Crippen molar-refractivity contribution in [3.05, 3.63) is 28.8 Å². The third kappa shape index (κ3) is 5.35. The molecule has 0 aliphatic carbocycles. The van der Waals surface area contributed by atoms with Crippen LogP contribution in [0.15, 0.2) is 18.2 Å². The summed E-state index contributed by atoms with van der Waals surface area (Å²) in [5.74, 6) is -1.30. The van der Waals surface area contributed by atoms with Gasteiger partial charge in [-0.15, -0.1) is 0 Å². The van der Waals surface area contributed by atoms with Gasteiger partial charge in [0.1, 0.15) is 0 Å². The third-order valence-corrected chi connectivity index (χ3v) is 2.39. The van der Waals surface area contributed by atoms with Crippen LogP contribution in [-0.4, -0.2) is 29.8 Å². The normalized spacial score (nSPS) is 11.0. The number of hydrogen-bond donors (Lipinski definition) is 3. The zero-order chi connectivity index (χ0) is 15.3. The Morgan fingerprint density at radius 1 is 1.30 bits per heavy atom. The van der Waals surface area contributed by atoms with E-state index in [4.69, 9.17) is 16.7 Å². The van der Waals surface area contributed by atoms with Gasteiger partial charge in [-0.1, -0.05) is 11.6 Å². The van der Waals surface area contributed by atoms with Crippen molar-refractivity contribution in [2.24, 2.45) is 0 Å². The van der Waals surface area contributed by atoms with E-state index in [1.54, 1.807) is 0 Å². The van der Waals surface area contributed by atoms with Gasteiger partial charge in [0.15, 0.2) is 0 Å². The van der Waals surface area contributed by atoms with Crippen LogP contribution in [0.25, 0.3) is 0 Å². The zero-order valence-corrected chi connectivity index (χ0v) is 10.7. The number of nitrogens with one attached hydrogen (secondary N) is 2. The van der Waals surface area contributed by atoms with Crippen molar-refractivity contribution < 1.29 is 27.9 Å². The van der Waals surface area contributed by atoms with E-state index in [0.717, 1.165) is 0 Å². The van der Waals surface area contributed by atoms with Crippen molar-refractivity contribution >= 4 is 29.3 Å². The maximum Gasteiger partial charge on any atom is 0.390 e. The lowest BCUT2D eigenvalue weighted by atomic mass is 10.2. The average Bonchev–Trinajstić information content (AvgIpc) is 2.26. The molecule has 1 aromatic rings. The monoisotopic (exact) mass is 310 g/mol. The number of carboxylic acid groups (broad SMARTS) is 1. The van der Waals surface area contributed by atoms with E-state index < -0.39 is 31.1 Å². The number of amides is 2. The highest BCUT2D eigenvalue weighted by molar-refractivity contribution is 6.31. The quantitative estimate of drug-likeness (QED) is 0.799. The molecule has 0 unspecified atom stereocenters. The van der Waals surface area contributed by atoms with Crippen molar-refractivity contribution in [1.82, 2.24) is 5.32 Å². The van der Waals surface area contributed by atoms with Crippen LogP contribution in [0, 0.1) is 0 Å². The molecule has 0 aliphatic heterocycles. The van der Waals surface area contributed by atoms with Gasteiger partial charge < -0.3 is 15.7 Å². The average molecular weight is 311 g/mol. The van der Waals surface area contributed by atoms with Crippen LogP contribution in [0.1, 0.15) is 16.8 Å². The Labute approximate surface area is 116 Å². The van der Waals surface area contributed by atoms with Gasteiger partial charge in [-0.05, 0) is 18.2 Å². The number of aromatic carboxylic acids is 1. The van der Waals surface area contributed by atoms with Crippen LogP contribution in [0.3, 0.4) is 0 Å². The second-order valence-electron chi connectivity index (χ2n) is 3.74. The molecule has 0 atom stereocenters. The number of urea groups is 1. The summed E-state index contributed by atoms with van der Waals surface area (Å²) < 4.78 is 35.7. The van der Waals surface area contributed by atoms with Crippen LogP contribution in [0.4, 0.5) is 23.7 Å². The summed E-state index contributed by atoms with van der Waals surface area (Å²) in [5.41, 5.74) is -0.324. The molecule has 0 aliphatic rings. The maximum atomic E-state index is 11.9. The molecule has 20 heavy (non-hydrogen) atoms. The number of alkyl halides is 3. The van der Waals surface area contributed by atoms with Gasteiger partial charge >= 0.3 is 18.2 Å². The van der Waals surface area contributed by atoms with Gasteiger partial charge in [-0.2, -0.15) is 13.2 Å². The van der Waals surface area contributed by atoms with E-state index in [-0.39, 0.29) is 16.3 Å². The summed E-state index contributed by atoms with van der Waals surface area (Å²) in [6.07, 6.45) is -5.56. The van der Waals surface area contributed by atoms with Crippen LogP contribution >= 0.6 is 11.6 Å². The summed E-state index contributed by atoms with van der Waals surface area (Å²) in [4.78, 5) is 22.3. The predicted molar refractivity (Wildman–Crippen MR) is 66.1 cm³/mol. The Balaban J connectivity index is 2.66. The molecule has 0 fully saturated rings. The molecule has 0 bridgehead atoms. The lowest BCUT2D eigenvalue weighted by Gasteiger charge is -2.11. The van der Waals surface area contributed by atoms with Crippen LogP contribution in [0.5, 0.6) is 0 Å². The Hall–Kier alpha value is -1.96. The number of rotatable bonds is 4. The van der Waals surface area contributed by atoms with E-state index in [0.29, 0.717) is 0 Å². The van der Waals surface area contributed by atoms with Crippen LogP contribution < -0.4 is 10.6 Å². The fourth-order valence-corrected chi connectivity index (χ4v) is 1.46. The number of carbonyl (C=O) groups is 2. The Bertz CT molecular complexity index is 520. The summed E-state index contributed by atoms with van der Waals surface area (Å²) in [6.45, 7) is -0.613. The summed E-state index contributed by atoms with van der Waals surface area (Å²) >= 11 is 5.66. The lowest BCUT2D eigenvalue weighted by molar-refractivity contribution is -0.132. The second kappa shape index (κ2) is 6.47. The van der Waals surface area contributed by atoms with Crippen molar-refractivity contribution in [2.45, 2.75) is 12.6 Å². The summed E-state index contributed by atoms with van der Waals surface area (Å²) in [5, 5.41) is 13.2. The van der Waals surface area contributed by atoms with Crippen molar-refractivity contribution in [3.63, 3.8) is 0 Å². The zero-order valence-electron chi connectivity index (χ0n) is 9.92. The number of carboxylic acids is 1. The molecule has 2 amide bonds. The number of carbonyl (C=O) groups excluding carboxylic acids is 1. The number of benzene rings is 1. The molecule has 110 valence electrons. The van der Waals surface area contributed by atoms with Gasteiger partial charge in [-0.25, -0.2) is 9.59 Å². The molecule has 0 aromatic heterocycles. The first-order valence-corrected chi connectivity index (χ1v) is 5.71. The van der Waals surface area contributed by atoms with E-state index in [1.807, 2.05) is 5.32 Å². The molecule has 0 saturated carbocycles. The minimum absolute atomic E-state index is 0.102. The molecule has 3 N–H and O–H groups in total. The van der Waals surface area contributed by atoms with Crippen LogP contribution in [-0.2, 0) is 0 Å². The Morgan fingerprint density at radius 2 is 1.95 bits per heavy atom. The fourth-order valence-electron chi connectivity index (χ4n) is 1.29. The fraction of sp³-hybridized carbons (Fsp3) is 0.273. The van der Waals surface area contributed by atoms with E-state index >= 15 is 0 Å². The predicted octanol–water partition coefficient (Wildman–Crippen LogP) is 3.11. The van der Waals surface area contributed by atoms with Crippen molar-refractivity contribution in [2.75, 3.05) is 11.9 Å². The lowest BCUT2D eigenvalue weighted by Crippen LogP contribution is -2.32. The first-order valence-electron chi connectivity index (χ1n) is 5.33. The minimum atomic E-state index is -4.38. The minimum Gasteiger partial charge on any atom is -0.478 e. The molecule has 5 nitrogen and oxygen atoms in total. The first kappa shape index (κ1) is 16.1. The number of hydrogen-bond acceptors (Lipinski definition) is 2. The Morgan fingerprint density at radius 3 is 2.50 bits per heavy atom. The van der Waals surface area contributed by atoms with Crippen LogP contribution in [0.2, 0.25) is 5.02 Å². The third-order valence-electron chi connectivity index (χ3n) is 2.15. The summed E-state index contributed by atoms with van der Waals surface area (Å²) in [7, 11) is 0. The van der Waals surface area contributed by atoms with Crippen molar-refractivity contribution in [1.29, 1.82) is 0 Å². The highest BCUT2D eigenvalue weighted by atomic mass is 35.5. The SMILES string of the molecule is O=C(NCCC(F)(F)F)Nc1cc(Cl)ccc1C(=O)O. The molecular formula is C11H10ClF3N2O3. The highest BCUT2D eigenvalue weighted by Gasteiger charge is 2.26. The molecule has 0 heterocycles. The highest BCUT2D eigenvalue weighted by Crippen LogP contribution is 2.21. The van der Waals surface area contributed by atoms with E-state index in [2.05, 4.69) is 5.32 Å². The first-order chi connectivity index (χ1) is 9.19. The van der Waals surface area contributed by atoms with Gasteiger partial charge in [0.25, 0.3) is 0 Å². The molecule has 0 radical (unpaired) electrons. The van der Waals surface area contributed by atoms with Gasteiger partial charge in [0.05, 0.1) is 17.7 Å². The number of anilines is 1. The standard InChI is InChI=1S/C11H10ClF3N2O3/c12-6-1-2-7(9(18)19)8(5-6)17-10(20)16-4-3-11(13,14)15/h1-2,5H,3-4H2,(H,18,19)(H2,16,17,20). The Kier molecular flexibility index (Phi) is 5.20. The van der Waals surface area contributed by atoms with Crippen molar-refractivity contribution in [3.8, 4) is 0 Å². The van der Waals surface area contributed by atoms with Gasteiger partial charge in [0.2, 0.25) is 0 Å². The summed E-state index contributed by atoms with van der Waals surface area (Å²) in [6, 6.07) is 2.74. The van der Waals surface area contributed by atoms with Gasteiger partial charge in [-0.3, -0.25) is 0 Å². The largest absolute Gasteiger partial charge is 0.478 e. The van der Waals surface area contributed by atoms with E-state index in [9.17, 15) is 22.8 Å². The molecule has 0 spiro atoms. The molecule has 1 aromatic carbocycles. The molecule has 0 saturated heterocycles. The second-order valence-corrected chi connectivity index (χ2v) is 4.18. The van der Waals surface area contributed by atoms with E-state index in [1.165, 1.54) is 18.2 Å². The molecule has 1 rings (SSSR count). The smallest absolute Gasteiger partial charge is 0.390 e. The maximum absolute atomic E-state index is 11.9.